The molecule has 1 aromatic rings. The molecular weight excluding hydrogens is 202 g/mol. The van der Waals surface area contributed by atoms with Crippen LogP contribution in [0.2, 0.25) is 0 Å². The number of pyridine rings is 1. The van der Waals surface area contributed by atoms with Crippen LogP contribution < -0.4 is 5.56 Å². The topological polar surface area (TPSA) is 32.9 Å². The van der Waals surface area contributed by atoms with Crippen LogP contribution in [0.5, 0.6) is 0 Å². The fraction of sp³-hybridized carbons (Fsp3) is 0.444. The molecule has 72 valence electrons. The lowest BCUT2D eigenvalue weighted by atomic mass is 9.92. The fourth-order valence-electron chi connectivity index (χ4n) is 1.09. The highest BCUT2D eigenvalue weighted by Gasteiger charge is 2.18. The molecule has 4 heteroatoms. The van der Waals surface area contributed by atoms with Crippen LogP contribution in [0.15, 0.2) is 21.8 Å². The summed E-state index contributed by atoms with van der Waals surface area (Å²) in [6, 6.07) is 3.32. The maximum absolute atomic E-state index is 11.1. The lowest BCUT2D eigenvalue weighted by Gasteiger charge is -2.20. The van der Waals surface area contributed by atoms with Crippen molar-refractivity contribution in [3.8, 4) is 0 Å². The van der Waals surface area contributed by atoms with Crippen molar-refractivity contribution in [2.24, 2.45) is 0 Å². The van der Waals surface area contributed by atoms with Gasteiger partial charge in [0.15, 0.2) is 0 Å². The van der Waals surface area contributed by atoms with Gasteiger partial charge in [-0.05, 0) is 6.07 Å². The van der Waals surface area contributed by atoms with Crippen LogP contribution in [-0.4, -0.2) is 4.98 Å². The van der Waals surface area contributed by atoms with E-state index >= 15 is 0 Å². The largest absolute Gasteiger partial charge is 0.325 e. The van der Waals surface area contributed by atoms with E-state index in [1.165, 1.54) is 16.9 Å². The van der Waals surface area contributed by atoms with E-state index in [1.807, 2.05) is 0 Å². The first kappa shape index (κ1) is 10.7. The molecule has 1 N–H and O–H groups in total. The number of hydrogen-bond donors (Lipinski definition) is 2. The van der Waals surface area contributed by atoms with E-state index in [9.17, 15) is 4.79 Å². The number of hydrogen-bond acceptors (Lipinski definition) is 3. The maximum Gasteiger partial charge on any atom is 0.248 e. The van der Waals surface area contributed by atoms with E-state index in [0.717, 1.165) is 10.6 Å². The van der Waals surface area contributed by atoms with E-state index in [2.05, 4.69) is 37.4 Å². The molecule has 0 aliphatic carbocycles. The lowest BCUT2D eigenvalue weighted by molar-refractivity contribution is 0.553. The van der Waals surface area contributed by atoms with Crippen LogP contribution in [0.25, 0.3) is 0 Å². The van der Waals surface area contributed by atoms with Crippen LogP contribution in [0.4, 0.5) is 0 Å². The smallest absolute Gasteiger partial charge is 0.248 e. The quantitative estimate of drug-likeness (QED) is 0.557. The minimum absolute atomic E-state index is 0.0501. The molecule has 1 heterocycles. The maximum atomic E-state index is 11.1. The number of H-pyrrole nitrogens is 1. The Kier molecular flexibility index (Phi) is 3.14. The van der Waals surface area contributed by atoms with Crippen LogP contribution >= 0.6 is 22.5 Å². The van der Waals surface area contributed by atoms with Crippen LogP contribution in [0.1, 0.15) is 26.5 Å². The predicted octanol–water partition coefficient (Wildman–Crippen LogP) is 2.61. The van der Waals surface area contributed by atoms with E-state index in [1.54, 1.807) is 6.07 Å². The van der Waals surface area contributed by atoms with Crippen LogP contribution in [-0.2, 0) is 5.41 Å². The average molecular weight is 215 g/mol. The molecule has 1 aromatic heterocycles. The summed E-state index contributed by atoms with van der Waals surface area (Å²) in [5.74, 6) is 0. The van der Waals surface area contributed by atoms with Gasteiger partial charge in [0.05, 0.1) is 0 Å². The van der Waals surface area contributed by atoms with Crippen molar-refractivity contribution in [3.05, 3.63) is 28.2 Å². The number of thiol groups is 1. The Bertz CT molecular complexity index is 351. The van der Waals surface area contributed by atoms with Crippen molar-refractivity contribution in [1.82, 2.24) is 4.98 Å². The summed E-state index contributed by atoms with van der Waals surface area (Å²) in [7, 11) is 1.36. The summed E-state index contributed by atoms with van der Waals surface area (Å²) in [5.41, 5.74) is 0.835. The number of aromatic nitrogens is 1. The zero-order valence-corrected chi connectivity index (χ0v) is 9.63. The first-order chi connectivity index (χ1) is 5.95. The monoisotopic (exact) mass is 215 g/mol. The van der Waals surface area contributed by atoms with Gasteiger partial charge in [-0.1, -0.05) is 31.6 Å². The second-order valence-electron chi connectivity index (χ2n) is 3.90. The summed E-state index contributed by atoms with van der Waals surface area (Å²) < 4.78 is 0. The molecule has 0 unspecified atom stereocenters. The zero-order chi connectivity index (χ0) is 10.1. The molecule has 0 saturated carbocycles. The second-order valence-corrected chi connectivity index (χ2v) is 5.07. The van der Waals surface area contributed by atoms with Gasteiger partial charge in [0.1, 0.15) is 0 Å². The average Bonchev–Trinajstić information content (AvgIpc) is 2.03. The van der Waals surface area contributed by atoms with Gasteiger partial charge >= 0.3 is 0 Å². The van der Waals surface area contributed by atoms with Gasteiger partial charge in [-0.25, -0.2) is 0 Å². The molecule has 0 fully saturated rings. The SMILES string of the molecule is CC(C)(C)c1[nH]c(=O)ccc1SS. The number of rotatable bonds is 1. The molecule has 0 aliphatic heterocycles. The van der Waals surface area contributed by atoms with E-state index in [0.29, 0.717) is 0 Å². The highest BCUT2D eigenvalue weighted by Crippen LogP contribution is 2.31. The molecule has 1 rings (SSSR count). The Morgan fingerprint density at radius 2 is 2.00 bits per heavy atom. The van der Waals surface area contributed by atoms with Crippen molar-refractivity contribution in [2.45, 2.75) is 31.1 Å². The molecule has 2 nitrogen and oxygen atoms in total. The van der Waals surface area contributed by atoms with Crippen LogP contribution in [0.3, 0.4) is 0 Å². The highest BCUT2D eigenvalue weighted by atomic mass is 33.1. The summed E-state index contributed by atoms with van der Waals surface area (Å²) in [6.45, 7) is 6.18. The Morgan fingerprint density at radius 1 is 1.38 bits per heavy atom. The van der Waals surface area contributed by atoms with Crippen molar-refractivity contribution in [1.29, 1.82) is 0 Å². The van der Waals surface area contributed by atoms with Gasteiger partial charge in [-0.3, -0.25) is 4.79 Å². The second kappa shape index (κ2) is 3.80. The Balaban J connectivity index is 3.32. The number of nitrogens with one attached hydrogen (secondary N) is 1. The molecule has 0 aromatic carbocycles. The third-order valence-corrected chi connectivity index (χ3v) is 2.86. The molecule has 13 heavy (non-hydrogen) atoms. The van der Waals surface area contributed by atoms with Crippen molar-refractivity contribution >= 4 is 22.5 Å². The molecule has 0 aliphatic rings. The minimum Gasteiger partial charge on any atom is -0.325 e. The van der Waals surface area contributed by atoms with Crippen LogP contribution in [0, 0.1) is 0 Å². The molecule has 0 bridgehead atoms. The van der Waals surface area contributed by atoms with Gasteiger partial charge < -0.3 is 4.98 Å². The highest BCUT2D eigenvalue weighted by molar-refractivity contribution is 8.68. The van der Waals surface area contributed by atoms with Crippen molar-refractivity contribution in [3.63, 3.8) is 0 Å². The van der Waals surface area contributed by atoms with Gasteiger partial charge in [-0.15, -0.1) is 11.7 Å². The van der Waals surface area contributed by atoms with Crippen molar-refractivity contribution < 1.29 is 0 Å². The Morgan fingerprint density at radius 3 is 2.46 bits per heavy atom. The summed E-state index contributed by atoms with van der Waals surface area (Å²) in [4.78, 5) is 15.0. The molecule has 0 saturated heterocycles. The van der Waals surface area contributed by atoms with E-state index in [4.69, 9.17) is 0 Å². The molecule has 0 radical (unpaired) electrons. The van der Waals surface area contributed by atoms with Gasteiger partial charge in [0.25, 0.3) is 0 Å². The minimum atomic E-state index is -0.0592. The first-order valence-electron chi connectivity index (χ1n) is 4.00. The molecule has 0 atom stereocenters. The molecule has 0 amide bonds. The summed E-state index contributed by atoms with van der Waals surface area (Å²) >= 11 is 4.14. The Hall–Kier alpha value is -0.350. The third-order valence-electron chi connectivity index (χ3n) is 1.73. The summed E-state index contributed by atoms with van der Waals surface area (Å²) in [6.07, 6.45) is 0. The standard InChI is InChI=1S/C9H13NOS2/c1-9(2,3)8-6(13-12)4-5-7(11)10-8/h4-5,12H,1-3H3,(H,10,11). The lowest BCUT2D eigenvalue weighted by Crippen LogP contribution is -2.19. The van der Waals surface area contributed by atoms with E-state index < -0.39 is 0 Å². The summed E-state index contributed by atoms with van der Waals surface area (Å²) in [5, 5.41) is 0. The number of aromatic amines is 1. The van der Waals surface area contributed by atoms with Gasteiger partial charge in [-0.2, -0.15) is 0 Å². The third kappa shape index (κ3) is 2.54. The zero-order valence-electron chi connectivity index (χ0n) is 7.92. The predicted molar refractivity (Wildman–Crippen MR) is 60.6 cm³/mol. The molecule has 0 spiro atoms. The molecular formula is C9H13NOS2. The normalized spacial score (nSPS) is 11.7. The van der Waals surface area contributed by atoms with Gasteiger partial charge in [0, 0.05) is 22.1 Å². The van der Waals surface area contributed by atoms with Crippen molar-refractivity contribution in [2.75, 3.05) is 0 Å². The van der Waals surface area contributed by atoms with Gasteiger partial charge in [0.2, 0.25) is 5.56 Å². The first-order valence-corrected chi connectivity index (χ1v) is 5.87. The fourth-order valence-corrected chi connectivity index (χ4v) is 2.13. The Labute approximate surface area is 87.0 Å². The van der Waals surface area contributed by atoms with E-state index in [-0.39, 0.29) is 11.0 Å².